The lowest BCUT2D eigenvalue weighted by Crippen LogP contribution is -2.44. The summed E-state index contributed by atoms with van der Waals surface area (Å²) in [5, 5.41) is 3.04. The first-order valence-electron chi connectivity index (χ1n) is 12.8. The van der Waals surface area contributed by atoms with Crippen LogP contribution in [0.2, 0.25) is 0 Å². The third-order valence-electron chi connectivity index (χ3n) is 7.09. The van der Waals surface area contributed by atoms with Gasteiger partial charge in [-0.15, -0.1) is 0 Å². The molecule has 0 radical (unpaired) electrons. The minimum atomic E-state index is -0.422. The van der Waals surface area contributed by atoms with Crippen LogP contribution in [0.1, 0.15) is 64.6 Å². The van der Waals surface area contributed by atoms with Gasteiger partial charge in [-0.3, -0.25) is 14.4 Å². The molecular weight excluding hydrogens is 466 g/mol. The number of nitrogens with zero attached hydrogens (tertiary/aromatic N) is 2. The predicted molar refractivity (Wildman–Crippen MR) is 142 cm³/mol. The van der Waals surface area contributed by atoms with E-state index in [0.29, 0.717) is 42.9 Å². The van der Waals surface area contributed by atoms with Crippen LogP contribution < -0.4 is 15.0 Å². The van der Waals surface area contributed by atoms with E-state index in [9.17, 15) is 14.4 Å². The molecule has 2 heterocycles. The number of rotatable bonds is 7. The van der Waals surface area contributed by atoms with Crippen LogP contribution in [0.4, 0.5) is 5.69 Å². The first-order chi connectivity index (χ1) is 18.0. The third-order valence-corrected chi connectivity index (χ3v) is 7.09. The van der Waals surface area contributed by atoms with E-state index in [1.54, 1.807) is 28.0 Å². The van der Waals surface area contributed by atoms with Crippen LogP contribution >= 0.6 is 0 Å². The van der Waals surface area contributed by atoms with Gasteiger partial charge in [0.2, 0.25) is 5.91 Å². The molecule has 0 saturated carbocycles. The second-order valence-electron chi connectivity index (χ2n) is 9.49. The van der Waals surface area contributed by atoms with Crippen molar-refractivity contribution in [3.8, 4) is 5.75 Å². The minimum absolute atomic E-state index is 0.0539. The highest BCUT2D eigenvalue weighted by Gasteiger charge is 2.41. The van der Waals surface area contributed by atoms with Crippen molar-refractivity contribution in [2.24, 2.45) is 0 Å². The van der Waals surface area contributed by atoms with Gasteiger partial charge in [-0.05, 0) is 74.2 Å². The fraction of sp³-hybridized carbons (Fsp3) is 0.300. The van der Waals surface area contributed by atoms with Crippen LogP contribution in [0.25, 0.3) is 0 Å². The van der Waals surface area contributed by atoms with Gasteiger partial charge in [0.05, 0.1) is 30.4 Å². The van der Waals surface area contributed by atoms with Crippen molar-refractivity contribution < 1.29 is 19.1 Å². The second-order valence-corrected chi connectivity index (χ2v) is 9.49. The number of carbonyl (C=O) groups excluding carboxylic acids is 3. The largest absolute Gasteiger partial charge is 0.494 e. The zero-order valence-corrected chi connectivity index (χ0v) is 21.1. The summed E-state index contributed by atoms with van der Waals surface area (Å²) in [6.45, 7) is 5.43. The van der Waals surface area contributed by atoms with Gasteiger partial charge in [0.15, 0.2) is 0 Å². The summed E-state index contributed by atoms with van der Waals surface area (Å²) in [5.74, 6) is 0.497. The van der Waals surface area contributed by atoms with Crippen LogP contribution in [0.15, 0.2) is 72.8 Å². The second kappa shape index (κ2) is 10.5. The van der Waals surface area contributed by atoms with Gasteiger partial charge in [0, 0.05) is 12.1 Å². The average molecular weight is 498 g/mol. The van der Waals surface area contributed by atoms with Gasteiger partial charge in [-0.25, -0.2) is 0 Å². The molecule has 1 fully saturated rings. The number of amides is 3. The first kappa shape index (κ1) is 24.6. The maximum atomic E-state index is 13.5. The van der Waals surface area contributed by atoms with E-state index in [2.05, 4.69) is 5.32 Å². The highest BCUT2D eigenvalue weighted by Crippen LogP contribution is 2.33. The Bertz CT molecular complexity index is 1300. The Morgan fingerprint density at radius 2 is 1.76 bits per heavy atom. The smallest absolute Gasteiger partial charge is 0.256 e. The Kier molecular flexibility index (Phi) is 6.95. The number of benzene rings is 3. The number of anilines is 1. The lowest BCUT2D eigenvalue weighted by Gasteiger charge is -2.26. The van der Waals surface area contributed by atoms with Crippen molar-refractivity contribution in [2.75, 3.05) is 18.1 Å². The zero-order chi connectivity index (χ0) is 25.9. The molecule has 2 aliphatic rings. The number of hydrogen-bond donors (Lipinski definition) is 1. The number of nitrogens with one attached hydrogen (secondary N) is 1. The average Bonchev–Trinajstić information content (AvgIpc) is 3.39. The van der Waals surface area contributed by atoms with Gasteiger partial charge in [-0.1, -0.05) is 36.4 Å². The van der Waals surface area contributed by atoms with Gasteiger partial charge in [-0.2, -0.15) is 0 Å². The van der Waals surface area contributed by atoms with E-state index in [-0.39, 0.29) is 23.8 Å². The molecule has 7 heteroatoms. The van der Waals surface area contributed by atoms with Crippen molar-refractivity contribution in [3.05, 3.63) is 95.1 Å². The molecule has 190 valence electrons. The van der Waals surface area contributed by atoms with Crippen LogP contribution in [0.5, 0.6) is 5.75 Å². The quantitative estimate of drug-likeness (QED) is 0.512. The number of ether oxygens (including phenoxy) is 1. The van der Waals surface area contributed by atoms with Crippen molar-refractivity contribution in [2.45, 2.75) is 45.3 Å². The topological polar surface area (TPSA) is 79.0 Å². The minimum Gasteiger partial charge on any atom is -0.494 e. The number of fused-ring (bicyclic) bond motifs is 2. The molecule has 37 heavy (non-hydrogen) atoms. The highest BCUT2D eigenvalue weighted by molar-refractivity contribution is 6.11. The summed E-state index contributed by atoms with van der Waals surface area (Å²) in [5.41, 5.74) is 3.61. The Labute approximate surface area is 217 Å². The van der Waals surface area contributed by atoms with Gasteiger partial charge < -0.3 is 19.9 Å². The van der Waals surface area contributed by atoms with Crippen LogP contribution in [-0.4, -0.2) is 41.8 Å². The summed E-state index contributed by atoms with van der Waals surface area (Å²) in [6, 6.07) is 21.7. The van der Waals surface area contributed by atoms with Gasteiger partial charge in [0.25, 0.3) is 11.8 Å². The fourth-order valence-electron chi connectivity index (χ4n) is 5.10. The standard InChI is InChI=1S/C30H31N3O4/c1-3-37-24-16-14-22(15-17-24)20(2)31-28(34)23-12-10-21(11-13-23)19-33-26-8-5-4-7-25(26)29(35)32-18-6-9-27(32)30(33)36/h4-5,7-8,10-17,20,27H,3,6,9,18-19H2,1-2H3,(H,31,34)/t20-,27+/m0/s1. The molecule has 1 saturated heterocycles. The molecule has 3 amide bonds. The molecule has 0 aliphatic carbocycles. The molecular formula is C30H31N3O4. The Morgan fingerprint density at radius 1 is 1.03 bits per heavy atom. The Hall–Kier alpha value is -4.13. The molecule has 0 bridgehead atoms. The molecule has 3 aromatic rings. The van der Waals surface area contributed by atoms with Crippen LogP contribution in [0.3, 0.4) is 0 Å². The molecule has 0 unspecified atom stereocenters. The number of para-hydroxylation sites is 1. The Morgan fingerprint density at radius 3 is 2.49 bits per heavy atom. The third kappa shape index (κ3) is 4.94. The number of carbonyl (C=O) groups is 3. The maximum absolute atomic E-state index is 13.5. The fourth-order valence-corrected chi connectivity index (χ4v) is 5.10. The lowest BCUT2D eigenvalue weighted by molar-refractivity contribution is -0.122. The summed E-state index contributed by atoms with van der Waals surface area (Å²) < 4.78 is 5.48. The molecule has 2 aliphatic heterocycles. The summed E-state index contributed by atoms with van der Waals surface area (Å²) in [7, 11) is 0. The Balaban J connectivity index is 1.30. The molecule has 7 nitrogen and oxygen atoms in total. The summed E-state index contributed by atoms with van der Waals surface area (Å²) in [6.07, 6.45) is 1.51. The van der Waals surface area contributed by atoms with E-state index in [4.69, 9.17) is 4.74 Å². The zero-order valence-electron chi connectivity index (χ0n) is 21.1. The number of hydrogen-bond acceptors (Lipinski definition) is 4. The van der Waals surface area contributed by atoms with Crippen molar-refractivity contribution in [3.63, 3.8) is 0 Å². The normalized spacial score (nSPS) is 17.6. The first-order valence-corrected chi connectivity index (χ1v) is 12.8. The predicted octanol–water partition coefficient (Wildman–Crippen LogP) is 4.73. The van der Waals surface area contributed by atoms with E-state index >= 15 is 0 Å². The van der Waals surface area contributed by atoms with Gasteiger partial charge >= 0.3 is 0 Å². The van der Waals surface area contributed by atoms with Crippen LogP contribution in [0, 0.1) is 0 Å². The van der Waals surface area contributed by atoms with Crippen molar-refractivity contribution >= 4 is 23.4 Å². The lowest BCUT2D eigenvalue weighted by atomic mass is 10.1. The van der Waals surface area contributed by atoms with Crippen LogP contribution in [-0.2, 0) is 11.3 Å². The molecule has 0 aromatic heterocycles. The monoisotopic (exact) mass is 497 g/mol. The van der Waals surface area contributed by atoms with E-state index in [1.165, 1.54) is 0 Å². The summed E-state index contributed by atoms with van der Waals surface area (Å²) in [4.78, 5) is 42.9. The summed E-state index contributed by atoms with van der Waals surface area (Å²) >= 11 is 0. The van der Waals surface area contributed by atoms with Crippen molar-refractivity contribution in [1.29, 1.82) is 0 Å². The van der Waals surface area contributed by atoms with E-state index in [1.807, 2.05) is 68.4 Å². The SMILES string of the molecule is CCOc1ccc([C@H](C)NC(=O)c2ccc(CN3C(=O)[C@H]4CCCN4C(=O)c4ccccc43)cc2)cc1. The molecule has 5 rings (SSSR count). The highest BCUT2D eigenvalue weighted by atomic mass is 16.5. The molecule has 0 spiro atoms. The maximum Gasteiger partial charge on any atom is 0.256 e. The van der Waals surface area contributed by atoms with E-state index < -0.39 is 6.04 Å². The van der Waals surface area contributed by atoms with Gasteiger partial charge in [0.1, 0.15) is 11.8 Å². The molecule has 3 aromatic carbocycles. The molecule has 2 atom stereocenters. The van der Waals surface area contributed by atoms with E-state index in [0.717, 1.165) is 23.3 Å². The molecule has 1 N–H and O–H groups in total. The van der Waals surface area contributed by atoms with Crippen molar-refractivity contribution in [1.82, 2.24) is 10.2 Å².